The summed E-state index contributed by atoms with van der Waals surface area (Å²) >= 11 is 12.3. The first-order chi connectivity index (χ1) is 17.5. The number of anilines is 1. The van der Waals surface area contributed by atoms with E-state index in [1.165, 1.54) is 32.2 Å². The van der Waals surface area contributed by atoms with Crippen molar-refractivity contribution in [3.8, 4) is 11.5 Å². The van der Waals surface area contributed by atoms with E-state index in [9.17, 15) is 22.9 Å². The lowest BCUT2D eigenvalue weighted by Crippen LogP contribution is -2.13. The molecule has 0 unspecified atom stereocenters. The molecule has 0 spiro atoms. The van der Waals surface area contributed by atoms with E-state index in [4.69, 9.17) is 27.9 Å². The van der Waals surface area contributed by atoms with Crippen LogP contribution in [0.4, 0.5) is 17.1 Å². The zero-order valence-corrected chi connectivity index (χ0v) is 21.7. The van der Waals surface area contributed by atoms with E-state index in [1.807, 2.05) is 0 Å². The monoisotopic (exact) mass is 559 g/mol. The van der Waals surface area contributed by atoms with Crippen LogP contribution in [0.5, 0.6) is 11.5 Å². The number of nitrogens with zero attached hydrogens (tertiary/aromatic N) is 2. The number of nitrogens with one attached hydrogen (secondary N) is 1. The van der Waals surface area contributed by atoms with Gasteiger partial charge in [0.1, 0.15) is 17.1 Å². The number of hydrogen-bond donors (Lipinski definition) is 3. The molecule has 0 bridgehead atoms. The molecule has 4 rings (SSSR count). The van der Waals surface area contributed by atoms with E-state index >= 15 is 0 Å². The van der Waals surface area contributed by atoms with Crippen LogP contribution in [0, 0.1) is 6.92 Å². The SMILES string of the molecule is COc1ccc(Cl)cc1NC(=O)c1cc2ccccc2c(N=Nc2ccc(S(=O)(=O)O)c(C)c2Cl)c1O. The van der Waals surface area contributed by atoms with Gasteiger partial charge >= 0.3 is 0 Å². The molecule has 0 radical (unpaired) electrons. The molecule has 3 N–H and O–H groups in total. The zero-order valence-electron chi connectivity index (χ0n) is 19.4. The number of aromatic hydroxyl groups is 1. The van der Waals surface area contributed by atoms with Crippen LogP contribution in [0.25, 0.3) is 10.8 Å². The van der Waals surface area contributed by atoms with Gasteiger partial charge in [0.25, 0.3) is 16.0 Å². The molecule has 0 heterocycles. The quantitative estimate of drug-likeness (QED) is 0.170. The highest BCUT2D eigenvalue weighted by Gasteiger charge is 2.21. The molecule has 4 aromatic carbocycles. The second-order valence-electron chi connectivity index (χ2n) is 7.84. The van der Waals surface area contributed by atoms with Crippen LogP contribution in [-0.2, 0) is 10.1 Å². The van der Waals surface area contributed by atoms with Crippen molar-refractivity contribution in [2.45, 2.75) is 11.8 Å². The van der Waals surface area contributed by atoms with E-state index in [0.29, 0.717) is 27.2 Å². The summed E-state index contributed by atoms with van der Waals surface area (Å²) in [7, 11) is -3.04. The zero-order chi connectivity index (χ0) is 26.9. The number of phenols is 1. The lowest BCUT2D eigenvalue weighted by atomic mass is 10.0. The van der Waals surface area contributed by atoms with Gasteiger partial charge in [0.05, 0.1) is 28.3 Å². The van der Waals surface area contributed by atoms with Crippen molar-refractivity contribution in [2.24, 2.45) is 10.2 Å². The number of phenolic OH excluding ortho intramolecular Hbond substituents is 1. The van der Waals surface area contributed by atoms with Crippen molar-refractivity contribution >= 4 is 67.1 Å². The Labute approximate surface area is 222 Å². The summed E-state index contributed by atoms with van der Waals surface area (Å²) in [6.07, 6.45) is 0. The van der Waals surface area contributed by atoms with Gasteiger partial charge in [-0.1, -0.05) is 47.5 Å². The number of amides is 1. The first-order valence-electron chi connectivity index (χ1n) is 10.6. The summed E-state index contributed by atoms with van der Waals surface area (Å²) in [5.74, 6) is -0.716. The van der Waals surface area contributed by atoms with Gasteiger partial charge in [-0.2, -0.15) is 8.42 Å². The average Bonchev–Trinajstić information content (AvgIpc) is 2.84. The fraction of sp³-hybridized carbons (Fsp3) is 0.0800. The van der Waals surface area contributed by atoms with Crippen LogP contribution < -0.4 is 10.1 Å². The highest BCUT2D eigenvalue weighted by Crippen LogP contribution is 2.41. The van der Waals surface area contributed by atoms with Gasteiger partial charge in [-0.15, -0.1) is 10.2 Å². The number of fused-ring (bicyclic) bond motifs is 1. The molecule has 190 valence electrons. The van der Waals surface area contributed by atoms with Gasteiger partial charge in [-0.05, 0) is 54.3 Å². The number of hydrogen-bond acceptors (Lipinski definition) is 7. The molecule has 1 amide bonds. The minimum Gasteiger partial charge on any atom is -0.505 e. The Morgan fingerprint density at radius 2 is 1.76 bits per heavy atom. The van der Waals surface area contributed by atoms with Gasteiger partial charge in [-0.25, -0.2) is 0 Å². The summed E-state index contributed by atoms with van der Waals surface area (Å²) in [6.45, 7) is 1.41. The Kier molecular flexibility index (Phi) is 7.37. The summed E-state index contributed by atoms with van der Waals surface area (Å²) in [4.78, 5) is 12.8. The van der Waals surface area contributed by atoms with Crippen LogP contribution >= 0.6 is 23.2 Å². The lowest BCUT2D eigenvalue weighted by molar-refractivity contribution is 0.102. The number of methoxy groups -OCH3 is 1. The molecule has 0 saturated heterocycles. The van der Waals surface area contributed by atoms with Crippen LogP contribution in [0.1, 0.15) is 15.9 Å². The highest BCUT2D eigenvalue weighted by molar-refractivity contribution is 7.85. The van der Waals surface area contributed by atoms with Gasteiger partial charge in [0.2, 0.25) is 0 Å². The third kappa shape index (κ3) is 5.37. The number of rotatable bonds is 6. The molecular weight excluding hydrogens is 541 g/mol. The Hall–Kier alpha value is -3.70. The minimum atomic E-state index is -4.48. The Morgan fingerprint density at radius 1 is 1.03 bits per heavy atom. The van der Waals surface area contributed by atoms with Crippen molar-refractivity contribution in [3.63, 3.8) is 0 Å². The predicted octanol–water partition coefficient (Wildman–Crippen LogP) is 7.08. The maximum atomic E-state index is 13.2. The van der Waals surface area contributed by atoms with Crippen molar-refractivity contribution in [3.05, 3.63) is 81.8 Å². The molecule has 12 heteroatoms. The van der Waals surface area contributed by atoms with Crippen molar-refractivity contribution in [1.82, 2.24) is 0 Å². The number of carbonyl (C=O) groups is 1. The fourth-order valence-corrected chi connectivity index (χ4v) is 4.83. The average molecular weight is 560 g/mol. The number of azo groups is 1. The fourth-order valence-electron chi connectivity index (χ4n) is 3.67. The van der Waals surface area contributed by atoms with E-state index in [0.717, 1.165) is 6.07 Å². The molecular formula is C25H19Cl2N3O6S. The van der Waals surface area contributed by atoms with Crippen molar-refractivity contribution in [1.29, 1.82) is 0 Å². The third-order valence-electron chi connectivity index (χ3n) is 5.50. The smallest absolute Gasteiger partial charge is 0.294 e. The number of carbonyl (C=O) groups excluding carboxylic acids is 1. The lowest BCUT2D eigenvalue weighted by Gasteiger charge is -2.13. The first-order valence-corrected chi connectivity index (χ1v) is 12.8. The van der Waals surface area contributed by atoms with Gasteiger partial charge in [-0.3, -0.25) is 9.35 Å². The molecule has 0 aliphatic heterocycles. The topological polar surface area (TPSA) is 138 Å². The summed E-state index contributed by atoms with van der Waals surface area (Å²) < 4.78 is 37.7. The summed E-state index contributed by atoms with van der Waals surface area (Å²) in [5, 5.41) is 23.4. The van der Waals surface area contributed by atoms with E-state index in [2.05, 4.69) is 15.5 Å². The number of benzene rings is 4. The van der Waals surface area contributed by atoms with Crippen LogP contribution in [0.2, 0.25) is 10.0 Å². The molecule has 4 aromatic rings. The maximum Gasteiger partial charge on any atom is 0.294 e. The van der Waals surface area contributed by atoms with Crippen LogP contribution in [-0.4, -0.2) is 31.1 Å². The largest absolute Gasteiger partial charge is 0.505 e. The van der Waals surface area contributed by atoms with E-state index < -0.39 is 21.8 Å². The number of halogens is 2. The molecule has 0 aromatic heterocycles. The molecule has 0 aliphatic carbocycles. The molecule has 0 aliphatic rings. The van der Waals surface area contributed by atoms with Crippen molar-refractivity contribution < 1.29 is 27.6 Å². The molecule has 0 atom stereocenters. The Morgan fingerprint density at radius 3 is 2.46 bits per heavy atom. The normalized spacial score (nSPS) is 11.7. The predicted molar refractivity (Wildman–Crippen MR) is 142 cm³/mol. The minimum absolute atomic E-state index is 0.00566. The molecule has 37 heavy (non-hydrogen) atoms. The second-order valence-corrected chi connectivity index (χ2v) is 10.0. The second kappa shape index (κ2) is 10.3. The standard InChI is InChI=1S/C25H19Cl2N3O6S/c1-13-21(37(33,34)35)10-8-18(22(13)27)29-30-23-16-6-4-3-5-14(16)11-17(24(23)31)25(32)28-19-12-15(26)7-9-20(19)36-2/h3-12,31H,1-2H3,(H,28,32)(H,33,34,35). The number of ether oxygens (including phenoxy) is 1. The summed E-state index contributed by atoms with van der Waals surface area (Å²) in [5.41, 5.74) is 0.386. The van der Waals surface area contributed by atoms with E-state index in [-0.39, 0.29) is 32.4 Å². The molecule has 9 nitrogen and oxygen atoms in total. The van der Waals surface area contributed by atoms with Gasteiger partial charge in [0, 0.05) is 10.4 Å². The maximum absolute atomic E-state index is 13.2. The van der Waals surface area contributed by atoms with Crippen LogP contribution in [0.3, 0.4) is 0 Å². The van der Waals surface area contributed by atoms with Gasteiger partial charge in [0.15, 0.2) is 5.75 Å². The van der Waals surface area contributed by atoms with Crippen LogP contribution in [0.15, 0.2) is 75.8 Å². The summed E-state index contributed by atoms with van der Waals surface area (Å²) in [6, 6.07) is 15.6. The first kappa shape index (κ1) is 26.4. The highest BCUT2D eigenvalue weighted by atomic mass is 35.5. The van der Waals surface area contributed by atoms with Crippen molar-refractivity contribution in [2.75, 3.05) is 12.4 Å². The third-order valence-corrected chi connectivity index (χ3v) is 7.21. The Bertz CT molecular complexity index is 1690. The van der Waals surface area contributed by atoms with Gasteiger partial charge < -0.3 is 15.2 Å². The van der Waals surface area contributed by atoms with E-state index in [1.54, 1.807) is 36.4 Å². The molecule has 0 fully saturated rings. The Balaban J connectivity index is 1.80. The molecule has 0 saturated carbocycles.